The summed E-state index contributed by atoms with van der Waals surface area (Å²) in [5.41, 5.74) is 5.43. The van der Waals surface area contributed by atoms with E-state index in [1.807, 2.05) is 6.20 Å². The molecule has 1 saturated carbocycles. The van der Waals surface area contributed by atoms with Crippen molar-refractivity contribution in [1.29, 1.82) is 0 Å². The van der Waals surface area contributed by atoms with Gasteiger partial charge < -0.3 is 4.90 Å². The molecule has 0 radical (unpaired) electrons. The summed E-state index contributed by atoms with van der Waals surface area (Å²) in [6, 6.07) is 7.50. The van der Waals surface area contributed by atoms with Crippen LogP contribution in [0.1, 0.15) is 83.2 Å². The molecule has 4 rings (SSSR count). The fourth-order valence-corrected chi connectivity index (χ4v) is 3.84. The molecule has 0 amide bonds. The van der Waals surface area contributed by atoms with E-state index < -0.39 is 0 Å². The zero-order valence-electron chi connectivity index (χ0n) is 17.6. The number of aromatic nitrogens is 2. The van der Waals surface area contributed by atoms with Crippen LogP contribution in [-0.2, 0) is 6.42 Å². The molecule has 0 spiro atoms. The van der Waals surface area contributed by atoms with Crippen LogP contribution in [-0.4, -0.2) is 23.4 Å². The van der Waals surface area contributed by atoms with Crippen molar-refractivity contribution in [2.75, 3.05) is 18.5 Å². The summed E-state index contributed by atoms with van der Waals surface area (Å²) in [4.78, 5) is 2.36. The molecule has 3 heteroatoms. The number of aryl methyl sites for hydroxylation is 1. The highest BCUT2D eigenvalue weighted by molar-refractivity contribution is 5.68. The van der Waals surface area contributed by atoms with Crippen molar-refractivity contribution in [3.05, 3.63) is 36.2 Å². The van der Waals surface area contributed by atoms with E-state index in [1.54, 1.807) is 0 Å². The highest BCUT2D eigenvalue weighted by Crippen LogP contribution is 2.36. The molecule has 0 saturated heterocycles. The van der Waals surface area contributed by atoms with E-state index in [4.69, 9.17) is 0 Å². The molecule has 3 nitrogen and oxygen atoms in total. The zero-order valence-corrected chi connectivity index (χ0v) is 17.6. The first-order valence-corrected chi connectivity index (χ1v) is 11.1. The lowest BCUT2D eigenvalue weighted by molar-refractivity contribution is 0.624. The third kappa shape index (κ3) is 5.60. The maximum atomic E-state index is 4.49. The molecule has 0 unspecified atom stereocenters. The van der Waals surface area contributed by atoms with Gasteiger partial charge in [0, 0.05) is 31.0 Å². The highest BCUT2D eigenvalue weighted by atomic mass is 15.3. The highest BCUT2D eigenvalue weighted by Gasteiger charge is 2.24. The van der Waals surface area contributed by atoms with Crippen LogP contribution in [0.2, 0.25) is 0 Å². The van der Waals surface area contributed by atoms with E-state index in [0.717, 1.165) is 0 Å². The first kappa shape index (κ1) is 20.0. The number of unbranched alkanes of at least 4 members (excludes halogenated alkanes) is 5. The Morgan fingerprint density at radius 3 is 2.41 bits per heavy atom. The van der Waals surface area contributed by atoms with Gasteiger partial charge in [-0.25, -0.2) is 0 Å². The standard InChI is InChI=1S/C16H19N3.C8H18/c1-18-8-2-3-13-9-12(4-7-16(13)18)14-10-17-19(11-14)15-5-6-15;1-3-5-7-8-6-4-2/h4,7,9-11,15H,2-3,5-6,8H2,1H3;3-8H2,1-2H3. The number of hydrogen-bond acceptors (Lipinski definition) is 2. The second-order valence-corrected chi connectivity index (χ2v) is 8.22. The van der Waals surface area contributed by atoms with Crippen LogP contribution in [0.4, 0.5) is 5.69 Å². The number of nitrogens with zero attached hydrogens (tertiary/aromatic N) is 3. The minimum atomic E-state index is 0.664. The summed E-state index contributed by atoms with van der Waals surface area (Å²) in [5.74, 6) is 0. The van der Waals surface area contributed by atoms with Crippen LogP contribution < -0.4 is 4.90 Å². The molecule has 2 aliphatic rings. The van der Waals surface area contributed by atoms with E-state index in [0.29, 0.717) is 6.04 Å². The van der Waals surface area contributed by atoms with E-state index >= 15 is 0 Å². The molecule has 27 heavy (non-hydrogen) atoms. The molecule has 2 heterocycles. The zero-order chi connectivity index (χ0) is 19.1. The van der Waals surface area contributed by atoms with Crippen molar-refractivity contribution in [3.8, 4) is 11.1 Å². The molecular weight excluding hydrogens is 330 g/mol. The van der Waals surface area contributed by atoms with E-state index in [1.165, 1.54) is 93.1 Å². The van der Waals surface area contributed by atoms with Gasteiger partial charge in [-0.1, -0.05) is 58.4 Å². The summed E-state index contributed by atoms with van der Waals surface area (Å²) >= 11 is 0. The minimum Gasteiger partial charge on any atom is -0.374 e. The molecule has 1 aliphatic heterocycles. The normalized spacial score (nSPS) is 15.9. The van der Waals surface area contributed by atoms with Crippen molar-refractivity contribution in [1.82, 2.24) is 9.78 Å². The van der Waals surface area contributed by atoms with Gasteiger partial charge in [-0.05, 0) is 48.9 Å². The lowest BCUT2D eigenvalue weighted by atomic mass is 9.98. The topological polar surface area (TPSA) is 21.1 Å². The smallest absolute Gasteiger partial charge is 0.0568 e. The van der Waals surface area contributed by atoms with E-state index in [2.05, 4.69) is 60.0 Å². The third-order valence-electron chi connectivity index (χ3n) is 5.74. The SMILES string of the molecule is CCCCCCCC.CN1CCCc2cc(-c3cnn(C4CC4)c3)ccc21. The predicted molar refractivity (Wildman–Crippen MR) is 117 cm³/mol. The Labute approximate surface area is 165 Å². The second kappa shape index (κ2) is 9.96. The number of rotatable bonds is 7. The quantitative estimate of drug-likeness (QED) is 0.512. The molecule has 0 atom stereocenters. The largest absolute Gasteiger partial charge is 0.374 e. The van der Waals surface area contributed by atoms with Gasteiger partial charge in [0.2, 0.25) is 0 Å². The Morgan fingerprint density at radius 1 is 1.00 bits per heavy atom. The third-order valence-corrected chi connectivity index (χ3v) is 5.74. The number of anilines is 1. The number of fused-ring (bicyclic) bond motifs is 1. The molecule has 1 aliphatic carbocycles. The number of hydrogen-bond donors (Lipinski definition) is 0. The summed E-state index contributed by atoms with van der Waals surface area (Å²) in [6.07, 6.45) is 17.7. The molecule has 0 N–H and O–H groups in total. The van der Waals surface area contributed by atoms with Gasteiger partial charge in [0.1, 0.15) is 0 Å². The van der Waals surface area contributed by atoms with Crippen molar-refractivity contribution >= 4 is 5.69 Å². The van der Waals surface area contributed by atoms with Crippen LogP contribution >= 0.6 is 0 Å². The lowest BCUT2D eigenvalue weighted by Crippen LogP contribution is -2.24. The molecule has 1 aromatic heterocycles. The van der Waals surface area contributed by atoms with Gasteiger partial charge in [-0.15, -0.1) is 0 Å². The predicted octanol–water partition coefficient (Wildman–Crippen LogP) is 6.63. The van der Waals surface area contributed by atoms with Gasteiger partial charge in [-0.3, -0.25) is 4.68 Å². The average Bonchev–Trinajstić information content (AvgIpc) is 3.42. The lowest BCUT2D eigenvalue weighted by Gasteiger charge is -2.27. The Hall–Kier alpha value is -1.77. The van der Waals surface area contributed by atoms with Crippen molar-refractivity contribution in [2.45, 2.75) is 84.1 Å². The second-order valence-electron chi connectivity index (χ2n) is 8.22. The van der Waals surface area contributed by atoms with E-state index in [9.17, 15) is 0 Å². The van der Waals surface area contributed by atoms with Gasteiger partial charge in [0.15, 0.2) is 0 Å². The monoisotopic (exact) mass is 367 g/mol. The maximum absolute atomic E-state index is 4.49. The van der Waals surface area contributed by atoms with Crippen molar-refractivity contribution in [3.63, 3.8) is 0 Å². The van der Waals surface area contributed by atoms with Crippen molar-refractivity contribution < 1.29 is 0 Å². The first-order chi connectivity index (χ1) is 13.2. The van der Waals surface area contributed by atoms with Gasteiger partial charge in [0.05, 0.1) is 12.2 Å². The van der Waals surface area contributed by atoms with Gasteiger partial charge >= 0.3 is 0 Å². The average molecular weight is 368 g/mol. The van der Waals surface area contributed by atoms with E-state index in [-0.39, 0.29) is 0 Å². The fraction of sp³-hybridized carbons (Fsp3) is 0.625. The molecule has 2 aromatic rings. The van der Waals surface area contributed by atoms with Crippen LogP contribution in [0.5, 0.6) is 0 Å². The molecule has 148 valence electrons. The van der Waals surface area contributed by atoms with Crippen LogP contribution in [0.3, 0.4) is 0 Å². The Morgan fingerprint density at radius 2 is 1.74 bits per heavy atom. The Bertz CT molecular complexity index is 693. The molecular formula is C24H37N3. The maximum Gasteiger partial charge on any atom is 0.0568 e. The summed E-state index contributed by atoms with van der Waals surface area (Å²) in [7, 11) is 2.18. The molecule has 1 aromatic carbocycles. The Balaban J connectivity index is 0.000000226. The van der Waals surface area contributed by atoms with Gasteiger partial charge in [0.25, 0.3) is 0 Å². The summed E-state index contributed by atoms with van der Waals surface area (Å²) < 4.78 is 2.13. The Kier molecular flexibility index (Phi) is 7.37. The van der Waals surface area contributed by atoms with Gasteiger partial charge in [-0.2, -0.15) is 5.10 Å². The minimum absolute atomic E-state index is 0.664. The van der Waals surface area contributed by atoms with Crippen LogP contribution in [0.15, 0.2) is 30.6 Å². The molecule has 0 bridgehead atoms. The summed E-state index contributed by atoms with van der Waals surface area (Å²) in [6.45, 7) is 5.68. The number of benzene rings is 1. The summed E-state index contributed by atoms with van der Waals surface area (Å²) in [5, 5.41) is 4.49. The van der Waals surface area contributed by atoms with Crippen molar-refractivity contribution in [2.24, 2.45) is 0 Å². The molecule has 1 fully saturated rings. The van der Waals surface area contributed by atoms with Crippen LogP contribution in [0, 0.1) is 0 Å². The van der Waals surface area contributed by atoms with Crippen LogP contribution in [0.25, 0.3) is 11.1 Å². The first-order valence-electron chi connectivity index (χ1n) is 11.1. The fourth-order valence-electron chi connectivity index (χ4n) is 3.84.